The van der Waals surface area contributed by atoms with Gasteiger partial charge in [0.25, 0.3) is 0 Å². The third-order valence-electron chi connectivity index (χ3n) is 25.5. The highest BCUT2D eigenvalue weighted by Crippen LogP contribution is 2.63. The van der Waals surface area contributed by atoms with E-state index in [1.807, 2.05) is 0 Å². The molecule has 129 heavy (non-hydrogen) atoms. The molecule has 5 aromatic carbocycles. The van der Waals surface area contributed by atoms with Gasteiger partial charge in [-0.15, -0.1) is 0 Å². The number of carbonyl (C=O) groups is 25. The van der Waals surface area contributed by atoms with Crippen LogP contribution in [0.25, 0.3) is 32.7 Å². The zero-order valence-electron chi connectivity index (χ0n) is 64.8. The Hall–Kier alpha value is -16.5. The van der Waals surface area contributed by atoms with Crippen LogP contribution in [-0.4, -0.2) is 149 Å². The first-order chi connectivity index (χ1) is 61.3. The van der Waals surface area contributed by atoms with Crippen LogP contribution in [0.3, 0.4) is 0 Å². The van der Waals surface area contributed by atoms with E-state index in [0.29, 0.717) is 30.4 Å². The van der Waals surface area contributed by atoms with Crippen molar-refractivity contribution in [3.05, 3.63) is 194 Å². The maximum Gasteiger partial charge on any atom is 0.346 e. The minimum Gasteiger partial charge on any atom is -0.393 e. The fourth-order valence-electron chi connectivity index (χ4n) is 19.8. The lowest BCUT2D eigenvalue weighted by atomic mass is 9.59. The first kappa shape index (κ1) is 83.4. The first-order valence-electron chi connectivity index (χ1n) is 38.9. The summed E-state index contributed by atoms with van der Waals surface area (Å²) in [5.41, 5.74) is -0.00401. The van der Waals surface area contributed by atoms with Crippen molar-refractivity contribution in [2.75, 3.05) is 0 Å². The van der Waals surface area contributed by atoms with E-state index in [-0.39, 0.29) is 120 Å². The minimum atomic E-state index is -0.824. The van der Waals surface area contributed by atoms with E-state index in [1.165, 1.54) is 60.7 Å². The number of cyclic esters (lactones) is 24. The maximum atomic E-state index is 12.5. The molecule has 12 fully saturated rings. The predicted octanol–water partition coefficient (Wildman–Crippen LogP) is 1.07. The molecule has 0 spiro atoms. The number of benzene rings is 5. The van der Waals surface area contributed by atoms with Gasteiger partial charge in [-0.25, -0.2) is 57.5 Å². The molecule has 650 valence electrons. The summed E-state index contributed by atoms with van der Waals surface area (Å²) in [7, 11) is 0. The highest BCUT2D eigenvalue weighted by atomic mass is 16.6. The van der Waals surface area contributed by atoms with Crippen LogP contribution in [0.1, 0.15) is 144 Å². The molecule has 4 saturated carbocycles. The lowest BCUT2D eigenvalue weighted by molar-refractivity contribution is -0.175. The van der Waals surface area contributed by atoms with Gasteiger partial charge < -0.3 is 65.7 Å². The summed E-state index contributed by atoms with van der Waals surface area (Å²) in [6, 6.07) is 19.6. The molecule has 0 N–H and O–H groups in total. The van der Waals surface area contributed by atoms with Crippen LogP contribution in [0, 0.1) is 107 Å². The summed E-state index contributed by atoms with van der Waals surface area (Å²) >= 11 is 0. The van der Waals surface area contributed by atoms with E-state index in [9.17, 15) is 139 Å². The molecule has 5 aliphatic carbocycles. The second-order valence-electron chi connectivity index (χ2n) is 32.1. The number of furan rings is 2. The van der Waals surface area contributed by atoms with E-state index in [4.69, 9.17) is 0 Å². The summed E-state index contributed by atoms with van der Waals surface area (Å²) in [5, 5.41) is -0.0726. The zero-order valence-corrected chi connectivity index (χ0v) is 64.8. The third kappa shape index (κ3) is 13.8. The van der Waals surface area contributed by atoms with Crippen molar-refractivity contribution < 1.29 is 186 Å². The predicted molar refractivity (Wildman–Crippen MR) is 394 cm³/mol. The number of ketones is 1. The van der Waals surface area contributed by atoms with Gasteiger partial charge in [0.2, 0.25) is 0 Å². The molecule has 8 saturated heterocycles. The molecule has 0 amide bonds. The standard InChI is InChI=1S/C17H6O7.C16H6O6.C13H12O6.C12H10O6.C10H8O6.C10H2O6.C8H4O6/c18-13(7-1-3-9-11(5-7)16(21)23-14(9)19)8-2-4-10-12(6-8)17(22)24-15(10)20;17-13-9-3-1-7(5-11(9)15(19)21-13)8-2-4-10-12(6-8)16(20)22-14(10)18;1-5-2-6(7-4-9(14)18-11(7)15)3-8-10(5)13(17)19-12(8)16;13-6-2-4-3-1-5(7(4)10(14)17-6)9-8(3)11(15)18-12(9)16;11-6-2-3-4-1-5(7(3)10(14)15-6)9(13)16-8(4)12;11-7-3-1-4-6(10(14)16-8(4)12)2-5(3)9(13)15-7;9-5-1-2(6(10)13-5)4-3(1)7(11)14-8(4)12/h1-6H;1-6H;2,6-8,10H,3-4H2,1H3;3-5,7-9H,1-2H2;3-5,7H,1-2H2;1-2H;1-4H. The second kappa shape index (κ2) is 30.7. The van der Waals surface area contributed by atoms with Crippen LogP contribution < -0.4 is 22.5 Å². The zero-order chi connectivity index (χ0) is 91.7. The summed E-state index contributed by atoms with van der Waals surface area (Å²) < 4.78 is 62.9. The first-order valence-corrected chi connectivity index (χ1v) is 38.9. The molecule has 12 aliphatic heterocycles. The number of esters is 24. The Labute approximate surface area is 710 Å². The highest BCUT2D eigenvalue weighted by molar-refractivity contribution is 6.21. The van der Waals surface area contributed by atoms with E-state index < -0.39 is 254 Å². The molecule has 43 heteroatoms. The summed E-state index contributed by atoms with van der Waals surface area (Å²) in [4.78, 5) is 331. The molecular weight excluding hydrogens is 1720 g/mol. The van der Waals surface area contributed by atoms with Crippen molar-refractivity contribution >= 4 is 171 Å². The topological polar surface area (TPSA) is 632 Å². The van der Waals surface area contributed by atoms with Crippen molar-refractivity contribution in [1.82, 2.24) is 0 Å². The lowest BCUT2D eigenvalue weighted by Gasteiger charge is -2.35. The van der Waals surface area contributed by atoms with Gasteiger partial charge in [0, 0.05) is 17.5 Å². The number of hydrogen-bond donors (Lipinski definition) is 0. The number of allylic oxidation sites excluding steroid dienone is 1. The van der Waals surface area contributed by atoms with E-state index >= 15 is 0 Å². The van der Waals surface area contributed by atoms with E-state index in [2.05, 4.69) is 65.7 Å². The van der Waals surface area contributed by atoms with Gasteiger partial charge in [0.05, 0.1) is 156 Å². The Morgan fingerprint density at radius 3 is 1.02 bits per heavy atom. The van der Waals surface area contributed by atoms with E-state index in [1.54, 1.807) is 25.1 Å². The second-order valence-corrected chi connectivity index (χ2v) is 32.1. The summed E-state index contributed by atoms with van der Waals surface area (Å²) in [5.74, 6) is -25.0. The van der Waals surface area contributed by atoms with Gasteiger partial charge in [-0.3, -0.25) is 81.5 Å². The van der Waals surface area contributed by atoms with Crippen LogP contribution in [0.4, 0.5) is 0 Å². The Balaban J connectivity index is 0.000000102. The maximum absolute atomic E-state index is 12.5. The minimum absolute atomic E-state index is 0.0138. The van der Waals surface area contributed by atoms with Gasteiger partial charge in [0.15, 0.2) is 5.78 Å². The van der Waals surface area contributed by atoms with Crippen molar-refractivity contribution in [2.24, 2.45) is 107 Å². The Kier molecular flexibility index (Phi) is 19.8. The Morgan fingerprint density at radius 2 is 0.589 bits per heavy atom. The number of hydrogen-bond acceptors (Lipinski definition) is 43. The highest BCUT2D eigenvalue weighted by Gasteiger charge is 2.73. The van der Waals surface area contributed by atoms with Crippen LogP contribution in [0.2, 0.25) is 0 Å². The van der Waals surface area contributed by atoms with Gasteiger partial charge in [-0.1, -0.05) is 35.9 Å². The fraction of sp³-hybridized carbons (Fsp3) is 0.291. The molecule has 4 bridgehead atoms. The Morgan fingerprint density at radius 1 is 0.256 bits per heavy atom. The van der Waals surface area contributed by atoms with Gasteiger partial charge in [-0.2, -0.15) is 0 Å². The number of rotatable bonds is 4. The molecule has 14 atom stereocenters. The quantitative estimate of drug-likeness (QED) is 0.0782. The van der Waals surface area contributed by atoms with Crippen molar-refractivity contribution in [3.63, 3.8) is 0 Å². The van der Waals surface area contributed by atoms with Gasteiger partial charge in [0.1, 0.15) is 0 Å². The third-order valence-corrected chi connectivity index (χ3v) is 25.5. The van der Waals surface area contributed by atoms with Crippen molar-refractivity contribution in [3.8, 4) is 11.1 Å². The average molecular weight is 1770 g/mol. The summed E-state index contributed by atoms with van der Waals surface area (Å²) in [6.07, 6.45) is 3.31. The number of ether oxygens (including phenoxy) is 12. The van der Waals surface area contributed by atoms with Crippen LogP contribution in [0.5, 0.6) is 0 Å². The van der Waals surface area contributed by atoms with Crippen LogP contribution in [0.15, 0.2) is 125 Å². The van der Waals surface area contributed by atoms with Gasteiger partial charge >= 0.3 is 166 Å². The molecular formula is C86H48O43. The molecule has 14 heterocycles. The number of fused-ring (bicyclic) bond motifs is 24. The molecule has 14 unspecified atom stereocenters. The molecule has 24 rings (SSSR count). The molecule has 17 aliphatic rings. The lowest BCUT2D eigenvalue weighted by Crippen LogP contribution is -2.50. The normalized spacial score (nSPS) is 29.2. The SMILES string of the molecule is CC1=CC(C2CC(=O)OC2=O)CC2C(=O)OC(=O)C12.O=C(c1ccc2c(c1)C(=O)OC2=O)c1ccc2c(c1)C(=O)OC2=O.O=C1CC2C3CC(C(=O)OC3=O)C2C(=O)O1.O=C1CC2C3CC(C2C(=O)O1)C1C(=O)OC(=O)C31.O=C1OC(=O)C2C1C1C(=O)OC(=O)C21.O=C1OC(=O)c2cc(-c3ccc4c(c3)C(=O)OC4=O)ccc21.O=c1oc(=O)c2cc3c(=O)oc(=O)c3cc12. The van der Waals surface area contributed by atoms with E-state index in [0.717, 1.165) is 17.7 Å². The molecule has 7 aromatic rings. The van der Waals surface area contributed by atoms with Crippen LogP contribution >= 0.6 is 0 Å². The monoisotopic (exact) mass is 1770 g/mol. The number of carbonyl (C=O) groups excluding carboxylic acids is 25. The van der Waals surface area contributed by atoms with Crippen molar-refractivity contribution in [1.29, 1.82) is 0 Å². The van der Waals surface area contributed by atoms with Crippen LogP contribution in [-0.2, 0) is 134 Å². The molecule has 43 nitrogen and oxygen atoms in total. The largest absolute Gasteiger partial charge is 0.393 e. The smallest absolute Gasteiger partial charge is 0.346 e. The van der Waals surface area contributed by atoms with Crippen molar-refractivity contribution in [2.45, 2.75) is 45.4 Å². The Bertz CT molecular complexity index is 6540. The summed E-state index contributed by atoms with van der Waals surface area (Å²) in [6.45, 7) is 1.74. The average Bonchev–Trinajstić information content (AvgIpc) is 1.55. The molecule has 0 radical (unpaired) electrons. The fourth-order valence-corrected chi connectivity index (χ4v) is 19.8. The molecule has 2 aromatic heterocycles. The van der Waals surface area contributed by atoms with Gasteiger partial charge in [-0.05, 0) is 128 Å².